The highest BCUT2D eigenvalue weighted by molar-refractivity contribution is 5.79. The maximum Gasteiger partial charge on any atom is 0.326 e. The third-order valence-corrected chi connectivity index (χ3v) is 6.76. The van der Waals surface area contributed by atoms with Crippen molar-refractivity contribution >= 4 is 35.9 Å². The minimum absolute atomic E-state index is 0.0155. The Kier molecular flexibility index (Phi) is 23.7. The molecule has 0 aliphatic carbocycles. The van der Waals surface area contributed by atoms with Crippen molar-refractivity contribution < 1.29 is 57.9 Å². The summed E-state index contributed by atoms with van der Waals surface area (Å²) in [5, 5.41) is 25.1. The number of Topliss-reactive ketones (excluding diaryl/α,β-unsaturated/α-hetero) is 1. The van der Waals surface area contributed by atoms with E-state index in [1.807, 2.05) is 20.8 Å². The first-order valence-corrected chi connectivity index (χ1v) is 14.1. The van der Waals surface area contributed by atoms with Gasteiger partial charge in [-0.25, -0.2) is 4.79 Å². The summed E-state index contributed by atoms with van der Waals surface area (Å²) in [6, 6.07) is -1.10. The Morgan fingerprint density at radius 1 is 0.767 bits per heavy atom. The number of carbonyl (C=O) groups excluding carboxylic acids is 4. The van der Waals surface area contributed by atoms with Crippen LogP contribution < -0.4 is 16.0 Å². The van der Waals surface area contributed by atoms with Crippen molar-refractivity contribution in [2.24, 2.45) is 10.8 Å². The second kappa shape index (κ2) is 24.3. The van der Waals surface area contributed by atoms with Gasteiger partial charge in [-0.15, -0.1) is 0 Å². The third-order valence-electron chi connectivity index (χ3n) is 6.76. The Bertz CT molecular complexity index is 849. The number of amides is 3. The average molecular weight is 622 g/mol. The first-order chi connectivity index (χ1) is 20.1. The zero-order valence-corrected chi connectivity index (χ0v) is 26.3. The van der Waals surface area contributed by atoms with E-state index in [1.54, 1.807) is 13.8 Å². The second-order valence-electron chi connectivity index (χ2n) is 10.6. The van der Waals surface area contributed by atoms with Crippen molar-refractivity contribution in [3.05, 3.63) is 0 Å². The van der Waals surface area contributed by atoms with Crippen molar-refractivity contribution in [2.45, 2.75) is 66.8 Å². The molecule has 0 saturated carbocycles. The Morgan fingerprint density at radius 3 is 1.67 bits per heavy atom. The molecule has 0 rings (SSSR count). The molecule has 0 aliphatic rings. The summed E-state index contributed by atoms with van der Waals surface area (Å²) in [4.78, 5) is 65.8. The molecular weight excluding hydrogens is 570 g/mol. The number of carboxylic acids is 2. The second-order valence-corrected chi connectivity index (χ2v) is 10.6. The van der Waals surface area contributed by atoms with E-state index in [9.17, 15) is 28.8 Å². The topological polar surface area (TPSA) is 216 Å². The zero-order valence-electron chi connectivity index (χ0n) is 26.3. The van der Waals surface area contributed by atoms with Crippen LogP contribution >= 0.6 is 0 Å². The van der Waals surface area contributed by atoms with Crippen molar-refractivity contribution in [3.8, 4) is 0 Å². The number of hydrogen-bond acceptors (Lipinski definition) is 10. The Balaban J connectivity index is 0. The Morgan fingerprint density at radius 2 is 1.26 bits per heavy atom. The highest BCUT2D eigenvalue weighted by Gasteiger charge is 2.41. The molecule has 0 heterocycles. The van der Waals surface area contributed by atoms with Gasteiger partial charge in [-0.2, -0.15) is 0 Å². The molecular formula is C28H51N3O12. The molecule has 15 heteroatoms. The van der Waals surface area contributed by atoms with Crippen LogP contribution in [-0.2, 0) is 47.7 Å². The first kappa shape index (κ1) is 42.0. The predicted octanol–water partition coefficient (Wildman–Crippen LogP) is 0.387. The molecule has 0 radical (unpaired) electrons. The molecule has 0 aromatic carbocycles. The monoisotopic (exact) mass is 621 g/mol. The summed E-state index contributed by atoms with van der Waals surface area (Å²) in [6.45, 7) is 13.1. The fourth-order valence-corrected chi connectivity index (χ4v) is 2.85. The van der Waals surface area contributed by atoms with Crippen LogP contribution in [0.1, 0.15) is 60.8 Å². The first-order valence-electron chi connectivity index (χ1n) is 14.1. The maximum atomic E-state index is 11.6. The number of ketones is 1. The van der Waals surface area contributed by atoms with Gasteiger partial charge in [0.05, 0.1) is 45.1 Å². The lowest BCUT2D eigenvalue weighted by Gasteiger charge is -2.37. The molecule has 0 saturated heterocycles. The molecule has 3 amide bonds. The molecule has 43 heavy (non-hydrogen) atoms. The minimum Gasteiger partial charge on any atom is -0.481 e. The highest BCUT2D eigenvalue weighted by Crippen LogP contribution is 2.41. The fourth-order valence-electron chi connectivity index (χ4n) is 2.85. The summed E-state index contributed by atoms with van der Waals surface area (Å²) < 4.78 is 20.7. The van der Waals surface area contributed by atoms with E-state index in [2.05, 4.69) is 16.0 Å². The minimum atomic E-state index is -1.21. The fraction of sp³-hybridized carbons (Fsp3) is 0.786. The molecule has 0 aliphatic heterocycles. The standard InChI is InChI=1S/C19H33N3O10.C9H18O2/c1-15(24)12-31-10-8-30-7-5-21-18(26)13-32-11-9-29-6-4-20-17(25)3-2-16(19(27)28)22-14-23;1-6-8(2,3)9(4,5)7(10)11/h14,16H,2-13H2,1H3,(H,20,25)(H,21,26)(H,22,23)(H,27,28);6H2,1-5H3,(H,10,11). The lowest BCUT2D eigenvalue weighted by molar-refractivity contribution is -0.154. The molecule has 0 aromatic rings. The van der Waals surface area contributed by atoms with E-state index in [0.717, 1.165) is 6.42 Å². The van der Waals surface area contributed by atoms with Gasteiger partial charge in [-0.1, -0.05) is 20.8 Å². The number of nitrogens with one attached hydrogen (secondary N) is 3. The highest BCUT2D eigenvalue weighted by atomic mass is 16.5. The van der Waals surface area contributed by atoms with Crippen LogP contribution in [0.3, 0.4) is 0 Å². The lowest BCUT2D eigenvalue weighted by Crippen LogP contribution is -2.39. The Hall–Kier alpha value is -3.14. The molecule has 0 aromatic heterocycles. The number of carbonyl (C=O) groups is 6. The summed E-state index contributed by atoms with van der Waals surface area (Å²) >= 11 is 0. The van der Waals surface area contributed by atoms with Gasteiger partial charge in [0.15, 0.2) is 5.78 Å². The number of rotatable bonds is 25. The van der Waals surface area contributed by atoms with Crippen molar-refractivity contribution in [2.75, 3.05) is 65.9 Å². The van der Waals surface area contributed by atoms with Crippen molar-refractivity contribution in [3.63, 3.8) is 0 Å². The molecule has 1 atom stereocenters. The third kappa shape index (κ3) is 22.1. The number of hydrogen-bond donors (Lipinski definition) is 5. The van der Waals surface area contributed by atoms with E-state index in [-0.39, 0.29) is 81.8 Å². The molecule has 0 fully saturated rings. The summed E-state index contributed by atoms with van der Waals surface area (Å²) in [7, 11) is 0. The number of ether oxygens (including phenoxy) is 4. The molecule has 5 N–H and O–H groups in total. The average Bonchev–Trinajstić information content (AvgIpc) is 2.93. The van der Waals surface area contributed by atoms with Gasteiger partial charge >= 0.3 is 11.9 Å². The molecule has 250 valence electrons. The van der Waals surface area contributed by atoms with Crippen LogP contribution in [0.15, 0.2) is 0 Å². The van der Waals surface area contributed by atoms with Gasteiger partial charge in [0.2, 0.25) is 18.2 Å². The van der Waals surface area contributed by atoms with Crippen LogP contribution in [-0.4, -0.2) is 118 Å². The lowest BCUT2D eigenvalue weighted by atomic mass is 9.66. The van der Waals surface area contributed by atoms with Crippen LogP contribution in [0.2, 0.25) is 0 Å². The van der Waals surface area contributed by atoms with Crippen LogP contribution in [0.4, 0.5) is 0 Å². The number of carboxylic acid groups (broad SMARTS) is 2. The van der Waals surface area contributed by atoms with Gasteiger partial charge in [0, 0.05) is 19.5 Å². The zero-order chi connectivity index (χ0) is 33.3. The quantitative estimate of drug-likeness (QED) is 0.0691. The van der Waals surface area contributed by atoms with Gasteiger partial charge in [0.1, 0.15) is 19.3 Å². The van der Waals surface area contributed by atoms with E-state index in [4.69, 9.17) is 29.2 Å². The van der Waals surface area contributed by atoms with Gasteiger partial charge in [-0.3, -0.25) is 24.0 Å². The van der Waals surface area contributed by atoms with E-state index < -0.39 is 23.4 Å². The van der Waals surface area contributed by atoms with E-state index in [1.165, 1.54) is 6.92 Å². The number of aliphatic carboxylic acids is 2. The van der Waals surface area contributed by atoms with E-state index in [0.29, 0.717) is 26.4 Å². The van der Waals surface area contributed by atoms with Crippen LogP contribution in [0.25, 0.3) is 0 Å². The molecule has 0 spiro atoms. The van der Waals surface area contributed by atoms with Gasteiger partial charge in [-0.05, 0) is 39.0 Å². The van der Waals surface area contributed by atoms with Crippen molar-refractivity contribution in [1.29, 1.82) is 0 Å². The predicted molar refractivity (Wildman–Crippen MR) is 155 cm³/mol. The summed E-state index contributed by atoms with van der Waals surface area (Å²) in [5.41, 5.74) is -0.777. The molecule has 1 unspecified atom stereocenters. The van der Waals surface area contributed by atoms with Crippen molar-refractivity contribution in [1.82, 2.24) is 16.0 Å². The molecule has 0 bridgehead atoms. The maximum absolute atomic E-state index is 11.6. The normalized spacial score (nSPS) is 11.9. The molecule has 15 nitrogen and oxygen atoms in total. The summed E-state index contributed by atoms with van der Waals surface area (Å²) in [5.74, 6) is -2.62. The van der Waals surface area contributed by atoms with Crippen LogP contribution in [0, 0.1) is 10.8 Å². The largest absolute Gasteiger partial charge is 0.481 e. The summed E-state index contributed by atoms with van der Waals surface area (Å²) in [6.07, 6.45) is 1.10. The van der Waals surface area contributed by atoms with Gasteiger partial charge < -0.3 is 45.1 Å². The van der Waals surface area contributed by atoms with Gasteiger partial charge in [0.25, 0.3) is 0 Å². The van der Waals surface area contributed by atoms with E-state index >= 15 is 0 Å². The SMILES string of the molecule is CC(=O)COCCOCCNC(=O)COCCOCCNC(=O)CCC(NC=O)C(=O)O.CCC(C)(C)C(C)(C)C(=O)O. The van der Waals surface area contributed by atoms with Crippen LogP contribution in [0.5, 0.6) is 0 Å². The smallest absolute Gasteiger partial charge is 0.326 e. The Labute approximate surface area is 253 Å².